The van der Waals surface area contributed by atoms with Gasteiger partial charge in [-0.05, 0) is 18.4 Å². The van der Waals surface area contributed by atoms with E-state index in [1.807, 2.05) is 0 Å². The van der Waals surface area contributed by atoms with Crippen molar-refractivity contribution in [3.63, 3.8) is 0 Å². The highest BCUT2D eigenvalue weighted by Gasteiger charge is 2.10. The number of halogens is 2. The van der Waals surface area contributed by atoms with Crippen LogP contribution in [0.15, 0.2) is 12.3 Å². The lowest BCUT2D eigenvalue weighted by atomic mass is 10.0. The zero-order chi connectivity index (χ0) is 9.14. The van der Waals surface area contributed by atoms with E-state index in [0.29, 0.717) is 5.56 Å². The minimum absolute atomic E-state index is 0.104. The van der Waals surface area contributed by atoms with Crippen molar-refractivity contribution >= 4 is 0 Å². The molecule has 0 saturated carbocycles. The Hall–Kier alpha value is -0.990. The molecule has 0 N–H and O–H groups in total. The summed E-state index contributed by atoms with van der Waals surface area (Å²) in [6, 6.07) is 1.17. The molecule has 1 unspecified atom stereocenters. The second-order valence-corrected chi connectivity index (χ2v) is 2.66. The van der Waals surface area contributed by atoms with Crippen molar-refractivity contribution in [3.8, 4) is 0 Å². The average molecular weight is 170 g/mol. The Morgan fingerprint density at radius 2 is 2.17 bits per heavy atom. The molecule has 0 spiro atoms. The second-order valence-electron chi connectivity index (χ2n) is 2.66. The third-order valence-electron chi connectivity index (χ3n) is 1.82. The molecule has 0 fully saturated rings. The van der Waals surface area contributed by atoms with Crippen molar-refractivity contribution in [2.75, 3.05) is 0 Å². The molecular formula is C9H10F2N. The fraction of sp³-hybridized carbons (Fsp3) is 0.333. The lowest BCUT2D eigenvalue weighted by molar-refractivity contribution is 0.537. The van der Waals surface area contributed by atoms with Gasteiger partial charge in [0, 0.05) is 5.56 Å². The molecule has 1 heterocycles. The van der Waals surface area contributed by atoms with Gasteiger partial charge in [-0.3, -0.25) is 0 Å². The van der Waals surface area contributed by atoms with Crippen molar-refractivity contribution in [2.24, 2.45) is 0 Å². The largest absolute Gasteiger partial charge is 0.225 e. The first-order chi connectivity index (χ1) is 5.65. The Morgan fingerprint density at radius 1 is 1.50 bits per heavy atom. The molecule has 3 heteroatoms. The molecule has 12 heavy (non-hydrogen) atoms. The first-order valence-electron chi connectivity index (χ1n) is 3.75. The Labute approximate surface area is 70.4 Å². The maximum atomic E-state index is 12.9. The minimum atomic E-state index is -0.595. The summed E-state index contributed by atoms with van der Waals surface area (Å²) in [5.41, 5.74) is 0.303. The molecule has 1 nitrogen and oxygen atoms in total. The van der Waals surface area contributed by atoms with E-state index in [9.17, 15) is 8.78 Å². The van der Waals surface area contributed by atoms with Gasteiger partial charge >= 0.3 is 0 Å². The van der Waals surface area contributed by atoms with Crippen LogP contribution in [0.5, 0.6) is 0 Å². The molecule has 1 radical (unpaired) electrons. The zero-order valence-electron chi connectivity index (χ0n) is 7.01. The average Bonchev–Trinajstić information content (AvgIpc) is 2.08. The number of pyridine rings is 1. The van der Waals surface area contributed by atoms with Crippen molar-refractivity contribution in [1.29, 1.82) is 0 Å². The van der Waals surface area contributed by atoms with Gasteiger partial charge in [0.1, 0.15) is 5.82 Å². The summed E-state index contributed by atoms with van der Waals surface area (Å²) in [6.45, 7) is 3.59. The van der Waals surface area contributed by atoms with Crippen LogP contribution in [0.4, 0.5) is 8.78 Å². The predicted molar refractivity (Wildman–Crippen MR) is 42.5 cm³/mol. The summed E-state index contributed by atoms with van der Waals surface area (Å²) >= 11 is 0. The summed E-state index contributed by atoms with van der Waals surface area (Å²) < 4.78 is 25.5. The van der Waals surface area contributed by atoms with Crippen LogP contribution < -0.4 is 0 Å². The Morgan fingerprint density at radius 3 is 2.75 bits per heavy atom. The van der Waals surface area contributed by atoms with Crippen molar-refractivity contribution < 1.29 is 8.78 Å². The van der Waals surface area contributed by atoms with Gasteiger partial charge in [0.05, 0.1) is 6.20 Å². The summed E-state index contributed by atoms with van der Waals surface area (Å²) in [4.78, 5) is 3.29. The standard InChI is InChI=1S/C9H10F2N/c1-3-6(2)8-4-7(10)5-12-9(8)11/h3-6H,1-2H3. The summed E-state index contributed by atoms with van der Waals surface area (Å²) in [5.74, 6) is -1.20. The summed E-state index contributed by atoms with van der Waals surface area (Å²) in [5, 5.41) is 0. The van der Waals surface area contributed by atoms with Gasteiger partial charge in [-0.25, -0.2) is 9.37 Å². The highest BCUT2D eigenvalue weighted by atomic mass is 19.1. The van der Waals surface area contributed by atoms with Crippen LogP contribution >= 0.6 is 0 Å². The highest BCUT2D eigenvalue weighted by molar-refractivity contribution is 5.19. The molecular weight excluding hydrogens is 160 g/mol. The van der Waals surface area contributed by atoms with E-state index in [1.54, 1.807) is 20.3 Å². The van der Waals surface area contributed by atoms with Crippen molar-refractivity contribution in [1.82, 2.24) is 4.98 Å². The van der Waals surface area contributed by atoms with E-state index < -0.39 is 11.8 Å². The van der Waals surface area contributed by atoms with Gasteiger partial charge in [0.25, 0.3) is 0 Å². The maximum absolute atomic E-state index is 12.9. The fourth-order valence-electron chi connectivity index (χ4n) is 0.937. The molecule has 0 aliphatic rings. The van der Waals surface area contributed by atoms with Crippen LogP contribution in [-0.4, -0.2) is 4.98 Å². The molecule has 1 aromatic rings. The number of hydrogen-bond acceptors (Lipinski definition) is 1. The molecule has 0 saturated heterocycles. The molecule has 1 atom stereocenters. The van der Waals surface area contributed by atoms with Crippen LogP contribution in [-0.2, 0) is 0 Å². The van der Waals surface area contributed by atoms with Crippen LogP contribution in [0.25, 0.3) is 0 Å². The molecule has 0 aliphatic heterocycles. The molecule has 0 bridgehead atoms. The maximum Gasteiger partial charge on any atom is 0.216 e. The van der Waals surface area contributed by atoms with E-state index in [-0.39, 0.29) is 5.92 Å². The van der Waals surface area contributed by atoms with Crippen molar-refractivity contribution in [2.45, 2.75) is 19.8 Å². The van der Waals surface area contributed by atoms with Gasteiger partial charge in [-0.15, -0.1) is 0 Å². The first kappa shape index (κ1) is 9.10. The molecule has 1 aromatic heterocycles. The Balaban J connectivity index is 3.04. The number of nitrogens with zero attached hydrogens (tertiary/aromatic N) is 1. The topological polar surface area (TPSA) is 12.9 Å². The molecule has 65 valence electrons. The lowest BCUT2D eigenvalue weighted by Gasteiger charge is -2.08. The second kappa shape index (κ2) is 3.61. The van der Waals surface area contributed by atoms with Gasteiger partial charge in [0.15, 0.2) is 0 Å². The van der Waals surface area contributed by atoms with Gasteiger partial charge in [-0.1, -0.05) is 13.8 Å². The van der Waals surface area contributed by atoms with E-state index in [2.05, 4.69) is 4.98 Å². The summed E-state index contributed by atoms with van der Waals surface area (Å²) in [6.07, 6.45) is 2.67. The molecule has 0 aliphatic carbocycles. The zero-order valence-corrected chi connectivity index (χ0v) is 7.01. The molecule has 0 amide bonds. The fourth-order valence-corrected chi connectivity index (χ4v) is 0.937. The molecule has 0 aromatic carbocycles. The van der Waals surface area contributed by atoms with Crippen molar-refractivity contribution in [3.05, 3.63) is 36.0 Å². The summed E-state index contributed by atoms with van der Waals surface area (Å²) in [7, 11) is 0. The number of hydrogen-bond donors (Lipinski definition) is 0. The van der Waals surface area contributed by atoms with Gasteiger partial charge in [0.2, 0.25) is 5.95 Å². The van der Waals surface area contributed by atoms with Crippen LogP contribution in [0.2, 0.25) is 0 Å². The third kappa shape index (κ3) is 1.78. The predicted octanol–water partition coefficient (Wildman–Crippen LogP) is 2.69. The lowest BCUT2D eigenvalue weighted by Crippen LogP contribution is -1.99. The number of aromatic nitrogens is 1. The van der Waals surface area contributed by atoms with E-state index in [4.69, 9.17) is 0 Å². The monoisotopic (exact) mass is 170 g/mol. The van der Waals surface area contributed by atoms with Crippen LogP contribution in [0.1, 0.15) is 25.3 Å². The third-order valence-corrected chi connectivity index (χ3v) is 1.82. The Kier molecular flexibility index (Phi) is 2.74. The van der Waals surface area contributed by atoms with E-state index in [0.717, 1.165) is 6.20 Å². The number of rotatable bonds is 2. The minimum Gasteiger partial charge on any atom is -0.225 e. The first-order valence-corrected chi connectivity index (χ1v) is 3.75. The van der Waals surface area contributed by atoms with E-state index in [1.165, 1.54) is 6.07 Å². The van der Waals surface area contributed by atoms with Crippen LogP contribution in [0, 0.1) is 18.2 Å². The smallest absolute Gasteiger partial charge is 0.216 e. The SMILES string of the molecule is C[CH]C(C)c1cc(F)cnc1F. The highest BCUT2D eigenvalue weighted by Crippen LogP contribution is 2.20. The molecule has 1 rings (SSSR count). The van der Waals surface area contributed by atoms with E-state index >= 15 is 0 Å². The van der Waals surface area contributed by atoms with Gasteiger partial charge in [-0.2, -0.15) is 4.39 Å². The van der Waals surface area contributed by atoms with Crippen LogP contribution in [0.3, 0.4) is 0 Å². The normalized spacial score (nSPS) is 13.0. The Bertz CT molecular complexity index is 273. The van der Waals surface area contributed by atoms with Gasteiger partial charge < -0.3 is 0 Å². The quantitative estimate of drug-likeness (QED) is 0.622.